The van der Waals surface area contributed by atoms with Crippen LogP contribution in [-0.4, -0.2) is 18.3 Å². The molecule has 0 bridgehead atoms. The van der Waals surface area contributed by atoms with Crippen LogP contribution in [0, 0.1) is 0 Å². The molecule has 1 rings (SSSR count). The monoisotopic (exact) mass is 236 g/mol. The summed E-state index contributed by atoms with van der Waals surface area (Å²) in [7, 11) is 0. The molecule has 16 heavy (non-hydrogen) atoms. The largest absolute Gasteiger partial charge is 0.494 e. The van der Waals surface area contributed by atoms with Gasteiger partial charge < -0.3 is 15.4 Å². The van der Waals surface area contributed by atoms with Crippen molar-refractivity contribution in [1.29, 1.82) is 0 Å². The Bertz CT molecular complexity index is 366. The normalized spacial score (nSPS) is 9.31. The van der Waals surface area contributed by atoms with Gasteiger partial charge in [-0.1, -0.05) is 12.1 Å². The molecule has 3 nitrogen and oxygen atoms in total. The molecule has 0 unspecified atom stereocenters. The van der Waals surface area contributed by atoms with Crippen molar-refractivity contribution in [2.24, 2.45) is 0 Å². The van der Waals surface area contributed by atoms with Crippen LogP contribution in [0.3, 0.4) is 0 Å². The number of nitrogens with one attached hydrogen (secondary N) is 2. The van der Waals surface area contributed by atoms with Gasteiger partial charge in [-0.05, 0) is 31.3 Å². The molecule has 0 aliphatic rings. The van der Waals surface area contributed by atoms with Crippen LogP contribution >= 0.6 is 12.2 Å². The van der Waals surface area contributed by atoms with E-state index in [2.05, 4.69) is 17.2 Å². The van der Waals surface area contributed by atoms with Crippen molar-refractivity contribution in [3.8, 4) is 5.75 Å². The van der Waals surface area contributed by atoms with Gasteiger partial charge in [-0.3, -0.25) is 0 Å². The number of hydrogen-bond donors (Lipinski definition) is 2. The Labute approximate surface area is 102 Å². The van der Waals surface area contributed by atoms with E-state index in [9.17, 15) is 0 Å². The first kappa shape index (κ1) is 12.5. The Morgan fingerprint density at radius 1 is 1.56 bits per heavy atom. The minimum absolute atomic E-state index is 0.577. The second-order valence-electron chi connectivity index (χ2n) is 3.08. The van der Waals surface area contributed by atoms with Crippen molar-refractivity contribution in [2.45, 2.75) is 6.92 Å². The number of anilines is 1. The molecule has 0 radical (unpaired) electrons. The molecule has 0 saturated heterocycles. The van der Waals surface area contributed by atoms with Gasteiger partial charge in [0, 0.05) is 18.3 Å². The van der Waals surface area contributed by atoms with Gasteiger partial charge in [0.05, 0.1) is 6.61 Å². The van der Waals surface area contributed by atoms with Crippen LogP contribution in [0.15, 0.2) is 36.9 Å². The number of benzene rings is 1. The summed E-state index contributed by atoms with van der Waals surface area (Å²) in [5, 5.41) is 6.64. The van der Waals surface area contributed by atoms with E-state index in [-0.39, 0.29) is 0 Å². The fourth-order valence-electron chi connectivity index (χ4n) is 1.17. The highest BCUT2D eigenvalue weighted by atomic mass is 32.1. The average Bonchev–Trinajstić information content (AvgIpc) is 2.27. The Morgan fingerprint density at radius 2 is 2.38 bits per heavy atom. The summed E-state index contributed by atoms with van der Waals surface area (Å²) in [6.45, 7) is 6.87. The topological polar surface area (TPSA) is 33.3 Å². The third-order valence-electron chi connectivity index (χ3n) is 1.81. The Hall–Kier alpha value is -1.55. The van der Waals surface area contributed by atoms with E-state index in [1.54, 1.807) is 6.08 Å². The summed E-state index contributed by atoms with van der Waals surface area (Å²) in [6.07, 6.45) is 1.75. The van der Waals surface area contributed by atoms with Gasteiger partial charge in [-0.15, -0.1) is 6.58 Å². The highest BCUT2D eigenvalue weighted by molar-refractivity contribution is 7.80. The van der Waals surface area contributed by atoms with E-state index in [0.29, 0.717) is 18.3 Å². The van der Waals surface area contributed by atoms with Crippen molar-refractivity contribution >= 4 is 23.0 Å². The zero-order valence-electron chi connectivity index (χ0n) is 9.32. The molecule has 0 saturated carbocycles. The predicted octanol–water partition coefficient (Wildman–Crippen LogP) is 2.56. The Morgan fingerprint density at radius 3 is 3.06 bits per heavy atom. The second-order valence-corrected chi connectivity index (χ2v) is 3.49. The molecule has 0 atom stereocenters. The number of hydrogen-bond acceptors (Lipinski definition) is 2. The van der Waals surface area contributed by atoms with Crippen LogP contribution in [0.5, 0.6) is 5.75 Å². The minimum Gasteiger partial charge on any atom is -0.494 e. The lowest BCUT2D eigenvalue weighted by Crippen LogP contribution is -2.28. The molecule has 1 aromatic rings. The summed E-state index contributed by atoms with van der Waals surface area (Å²) in [6, 6.07) is 7.67. The van der Waals surface area contributed by atoms with Gasteiger partial charge in [-0.2, -0.15) is 0 Å². The maximum absolute atomic E-state index is 5.39. The summed E-state index contributed by atoms with van der Waals surface area (Å²) < 4.78 is 5.39. The lowest BCUT2D eigenvalue weighted by molar-refractivity contribution is 0.340. The first-order chi connectivity index (χ1) is 7.76. The minimum atomic E-state index is 0.577. The number of rotatable bonds is 5. The maximum Gasteiger partial charge on any atom is 0.171 e. The van der Waals surface area contributed by atoms with Gasteiger partial charge in [0.2, 0.25) is 0 Å². The van der Waals surface area contributed by atoms with Gasteiger partial charge in [0.15, 0.2) is 5.11 Å². The van der Waals surface area contributed by atoms with Crippen LogP contribution in [0.25, 0.3) is 0 Å². The first-order valence-corrected chi connectivity index (χ1v) is 5.55. The summed E-state index contributed by atoms with van der Waals surface area (Å²) in [5.41, 5.74) is 0.910. The third kappa shape index (κ3) is 4.31. The molecular weight excluding hydrogens is 220 g/mol. The van der Waals surface area contributed by atoms with E-state index in [1.807, 2.05) is 31.2 Å². The Kier molecular flexibility index (Phi) is 5.36. The summed E-state index contributed by atoms with van der Waals surface area (Å²) in [5.74, 6) is 0.832. The molecule has 0 aromatic heterocycles. The Balaban J connectivity index is 2.55. The van der Waals surface area contributed by atoms with E-state index in [0.717, 1.165) is 11.4 Å². The van der Waals surface area contributed by atoms with E-state index in [4.69, 9.17) is 17.0 Å². The van der Waals surface area contributed by atoms with Gasteiger partial charge in [0.25, 0.3) is 0 Å². The molecule has 0 aliphatic carbocycles. The molecule has 0 fully saturated rings. The zero-order chi connectivity index (χ0) is 11.8. The van der Waals surface area contributed by atoms with Crippen molar-refractivity contribution in [1.82, 2.24) is 5.32 Å². The van der Waals surface area contributed by atoms with Crippen molar-refractivity contribution in [2.75, 3.05) is 18.5 Å². The number of ether oxygens (including phenoxy) is 1. The van der Waals surface area contributed by atoms with Crippen molar-refractivity contribution in [3.05, 3.63) is 36.9 Å². The molecule has 4 heteroatoms. The zero-order valence-corrected chi connectivity index (χ0v) is 10.1. The standard InChI is InChI=1S/C12H16N2OS/c1-3-8-13-12(16)14-10-6-5-7-11(9-10)15-4-2/h3,5-7,9H,1,4,8H2,2H3,(H2,13,14,16). The molecular formula is C12H16N2OS. The van der Waals surface area contributed by atoms with E-state index < -0.39 is 0 Å². The fourth-order valence-corrected chi connectivity index (χ4v) is 1.37. The van der Waals surface area contributed by atoms with Crippen molar-refractivity contribution in [3.63, 3.8) is 0 Å². The molecule has 0 aliphatic heterocycles. The summed E-state index contributed by atoms with van der Waals surface area (Å²) >= 11 is 5.10. The van der Waals surface area contributed by atoms with Crippen molar-refractivity contribution < 1.29 is 4.74 Å². The highest BCUT2D eigenvalue weighted by Gasteiger charge is 1.98. The number of thiocarbonyl (C=S) groups is 1. The maximum atomic E-state index is 5.39. The molecule has 0 amide bonds. The highest BCUT2D eigenvalue weighted by Crippen LogP contribution is 2.16. The fraction of sp³-hybridized carbons (Fsp3) is 0.250. The van der Waals surface area contributed by atoms with Crippen LogP contribution < -0.4 is 15.4 Å². The van der Waals surface area contributed by atoms with Gasteiger partial charge in [-0.25, -0.2) is 0 Å². The van der Waals surface area contributed by atoms with Crippen LogP contribution in [0.2, 0.25) is 0 Å². The second kappa shape index (κ2) is 6.85. The molecule has 86 valence electrons. The van der Waals surface area contributed by atoms with E-state index in [1.165, 1.54) is 0 Å². The summed E-state index contributed by atoms with van der Waals surface area (Å²) in [4.78, 5) is 0. The predicted molar refractivity (Wildman–Crippen MR) is 72.0 cm³/mol. The quantitative estimate of drug-likeness (QED) is 0.608. The van der Waals surface area contributed by atoms with E-state index >= 15 is 0 Å². The van der Waals surface area contributed by atoms with Gasteiger partial charge in [0.1, 0.15) is 5.75 Å². The third-order valence-corrected chi connectivity index (χ3v) is 2.06. The molecule has 2 N–H and O–H groups in total. The van der Waals surface area contributed by atoms with Crippen LogP contribution in [0.1, 0.15) is 6.92 Å². The molecule has 0 heterocycles. The molecule has 0 spiro atoms. The molecule has 1 aromatic carbocycles. The van der Waals surface area contributed by atoms with Crippen LogP contribution in [-0.2, 0) is 0 Å². The smallest absolute Gasteiger partial charge is 0.171 e. The lowest BCUT2D eigenvalue weighted by Gasteiger charge is -2.10. The van der Waals surface area contributed by atoms with Crippen LogP contribution in [0.4, 0.5) is 5.69 Å². The lowest BCUT2D eigenvalue weighted by atomic mass is 10.3. The SMILES string of the molecule is C=CCNC(=S)Nc1cccc(OCC)c1. The first-order valence-electron chi connectivity index (χ1n) is 5.15. The van der Waals surface area contributed by atoms with Gasteiger partial charge >= 0.3 is 0 Å². The average molecular weight is 236 g/mol.